The van der Waals surface area contributed by atoms with Crippen LogP contribution in [0.5, 0.6) is 5.75 Å². The third-order valence-corrected chi connectivity index (χ3v) is 6.05. The van der Waals surface area contributed by atoms with Crippen LogP contribution in [0.15, 0.2) is 66.2 Å². The lowest BCUT2D eigenvalue weighted by Crippen LogP contribution is -2.53. The van der Waals surface area contributed by atoms with Crippen molar-refractivity contribution < 1.29 is 19.5 Å². The lowest BCUT2D eigenvalue weighted by molar-refractivity contribution is -0.130. The maximum absolute atomic E-state index is 13.3. The van der Waals surface area contributed by atoms with Crippen LogP contribution < -0.4 is 10.2 Å². The number of anilines is 1. The van der Waals surface area contributed by atoms with Crippen molar-refractivity contribution in [3.8, 4) is 11.4 Å². The molecule has 1 aliphatic rings. The number of barbiturate groups is 1. The van der Waals surface area contributed by atoms with Gasteiger partial charge in [0.15, 0.2) is 0 Å². The smallest absolute Gasteiger partial charge is 0.331 e. The van der Waals surface area contributed by atoms with E-state index < -0.39 is 17.8 Å². The van der Waals surface area contributed by atoms with Crippen LogP contribution in [-0.4, -0.2) is 56.9 Å². The molecular formula is C27H24N6O4. The summed E-state index contributed by atoms with van der Waals surface area (Å²) in [4.78, 5) is 42.5. The van der Waals surface area contributed by atoms with Crippen molar-refractivity contribution >= 4 is 40.6 Å². The number of nitrogens with one attached hydrogen (secondary N) is 1. The van der Waals surface area contributed by atoms with Crippen LogP contribution in [0.2, 0.25) is 0 Å². The van der Waals surface area contributed by atoms with E-state index >= 15 is 0 Å². The summed E-state index contributed by atoms with van der Waals surface area (Å²) >= 11 is 0. The number of phenols is 1. The SMILES string of the molecule is Cc1cc(CN2C(=O)NC(=O)/C(=C\c3ccc(N(C)C)cc3)C2=O)c(O)c(-n2nc3ccccc3n2)c1. The van der Waals surface area contributed by atoms with Gasteiger partial charge in [-0.05, 0) is 54.5 Å². The van der Waals surface area contributed by atoms with Gasteiger partial charge >= 0.3 is 6.03 Å². The molecule has 10 nitrogen and oxygen atoms in total. The van der Waals surface area contributed by atoms with E-state index in [0.717, 1.165) is 16.2 Å². The number of hydrogen-bond acceptors (Lipinski definition) is 7. The summed E-state index contributed by atoms with van der Waals surface area (Å²) in [7, 11) is 3.82. The van der Waals surface area contributed by atoms with Crippen LogP contribution in [0.25, 0.3) is 22.8 Å². The van der Waals surface area contributed by atoms with E-state index in [1.165, 1.54) is 10.9 Å². The molecule has 1 aliphatic heterocycles. The first-order valence-corrected chi connectivity index (χ1v) is 11.5. The molecule has 0 bridgehead atoms. The zero-order valence-electron chi connectivity index (χ0n) is 20.5. The fourth-order valence-corrected chi connectivity index (χ4v) is 4.12. The van der Waals surface area contributed by atoms with Crippen LogP contribution in [0, 0.1) is 6.92 Å². The minimum Gasteiger partial charge on any atom is -0.505 e. The highest BCUT2D eigenvalue weighted by Crippen LogP contribution is 2.30. The first-order chi connectivity index (χ1) is 17.7. The molecule has 2 N–H and O–H groups in total. The number of aryl methyl sites for hydroxylation is 1. The van der Waals surface area contributed by atoms with Crippen LogP contribution in [0.1, 0.15) is 16.7 Å². The number of phenolic OH excluding ortho intramolecular Hbond substituents is 1. The highest BCUT2D eigenvalue weighted by Gasteiger charge is 2.36. The van der Waals surface area contributed by atoms with E-state index in [9.17, 15) is 19.5 Å². The predicted octanol–water partition coefficient (Wildman–Crippen LogP) is 3.16. The molecule has 0 radical (unpaired) electrons. The largest absolute Gasteiger partial charge is 0.505 e. The van der Waals surface area contributed by atoms with Crippen molar-refractivity contribution in [2.45, 2.75) is 13.5 Å². The van der Waals surface area contributed by atoms with E-state index in [2.05, 4.69) is 15.5 Å². The first-order valence-electron chi connectivity index (χ1n) is 11.5. The van der Waals surface area contributed by atoms with Crippen molar-refractivity contribution in [2.75, 3.05) is 19.0 Å². The normalized spacial score (nSPS) is 14.9. The Labute approximate surface area is 212 Å². The highest BCUT2D eigenvalue weighted by molar-refractivity contribution is 6.31. The van der Waals surface area contributed by atoms with Gasteiger partial charge in [0.2, 0.25) is 0 Å². The minimum atomic E-state index is -0.861. The molecule has 0 saturated carbocycles. The Kier molecular flexibility index (Phi) is 5.92. The van der Waals surface area contributed by atoms with Crippen LogP contribution in [0.3, 0.4) is 0 Å². The van der Waals surface area contributed by atoms with Crippen molar-refractivity contribution in [1.82, 2.24) is 25.2 Å². The zero-order valence-corrected chi connectivity index (χ0v) is 20.5. The fraction of sp³-hybridized carbons (Fsp3) is 0.148. The molecule has 1 fully saturated rings. The number of aromatic hydroxyl groups is 1. The summed E-state index contributed by atoms with van der Waals surface area (Å²) in [6.07, 6.45) is 1.44. The average Bonchev–Trinajstić information content (AvgIpc) is 3.30. The lowest BCUT2D eigenvalue weighted by atomic mass is 10.0. The van der Waals surface area contributed by atoms with Gasteiger partial charge < -0.3 is 10.0 Å². The summed E-state index contributed by atoms with van der Waals surface area (Å²) in [5.74, 6) is -1.70. The molecule has 3 aromatic carbocycles. The van der Waals surface area contributed by atoms with Gasteiger partial charge in [-0.15, -0.1) is 15.0 Å². The summed E-state index contributed by atoms with van der Waals surface area (Å²) < 4.78 is 0. The summed E-state index contributed by atoms with van der Waals surface area (Å²) in [6, 6.07) is 17.1. The molecule has 0 aliphatic carbocycles. The van der Waals surface area contributed by atoms with Crippen LogP contribution in [0.4, 0.5) is 10.5 Å². The summed E-state index contributed by atoms with van der Waals surface area (Å²) in [6.45, 7) is 1.57. The predicted molar refractivity (Wildman–Crippen MR) is 138 cm³/mol. The Morgan fingerprint density at radius 2 is 1.62 bits per heavy atom. The number of carbonyl (C=O) groups is 3. The molecule has 1 saturated heterocycles. The minimum absolute atomic E-state index is 0.173. The monoisotopic (exact) mass is 496 g/mol. The van der Waals surface area contributed by atoms with Gasteiger partial charge in [-0.2, -0.15) is 0 Å². The molecule has 10 heteroatoms. The van der Waals surface area contributed by atoms with Gasteiger partial charge in [0.25, 0.3) is 11.8 Å². The first kappa shape index (κ1) is 23.7. The fourth-order valence-electron chi connectivity index (χ4n) is 4.12. The highest BCUT2D eigenvalue weighted by atomic mass is 16.3. The number of nitrogens with zero attached hydrogens (tertiary/aromatic N) is 5. The number of imide groups is 2. The van der Waals surface area contributed by atoms with Crippen LogP contribution in [-0.2, 0) is 16.1 Å². The van der Waals surface area contributed by atoms with E-state index in [-0.39, 0.29) is 17.9 Å². The second-order valence-corrected chi connectivity index (χ2v) is 8.96. The Balaban J connectivity index is 1.47. The molecule has 4 aromatic rings. The Hall–Kier alpha value is -4.99. The number of hydrogen-bond donors (Lipinski definition) is 2. The molecule has 2 heterocycles. The molecule has 5 rings (SSSR count). The zero-order chi connectivity index (χ0) is 26.3. The molecular weight excluding hydrogens is 472 g/mol. The molecule has 0 unspecified atom stereocenters. The third-order valence-electron chi connectivity index (χ3n) is 6.05. The second kappa shape index (κ2) is 9.23. The van der Waals surface area contributed by atoms with E-state index in [1.807, 2.05) is 62.3 Å². The van der Waals surface area contributed by atoms with Gasteiger partial charge in [0.05, 0.1) is 6.54 Å². The van der Waals surface area contributed by atoms with Gasteiger partial charge in [-0.3, -0.25) is 19.8 Å². The molecule has 4 amide bonds. The number of urea groups is 1. The third kappa shape index (κ3) is 4.52. The lowest BCUT2D eigenvalue weighted by Gasteiger charge is -2.27. The van der Waals surface area contributed by atoms with Gasteiger partial charge in [0, 0.05) is 25.3 Å². The number of aromatic nitrogens is 3. The number of benzene rings is 3. The summed E-state index contributed by atoms with van der Waals surface area (Å²) in [5, 5.41) is 22.1. The van der Waals surface area contributed by atoms with Crippen LogP contribution >= 0.6 is 0 Å². The van der Waals surface area contributed by atoms with Crippen molar-refractivity contribution in [1.29, 1.82) is 0 Å². The van der Waals surface area contributed by atoms with Crippen molar-refractivity contribution in [2.24, 2.45) is 0 Å². The Morgan fingerprint density at radius 3 is 2.24 bits per heavy atom. The Bertz CT molecular complexity index is 1550. The maximum Gasteiger partial charge on any atom is 0.331 e. The molecule has 0 atom stereocenters. The van der Waals surface area contributed by atoms with E-state index in [4.69, 9.17) is 0 Å². The number of carbonyl (C=O) groups excluding carboxylic acids is 3. The van der Waals surface area contributed by atoms with Crippen molar-refractivity contribution in [3.05, 3.63) is 82.9 Å². The van der Waals surface area contributed by atoms with Gasteiger partial charge in [0.1, 0.15) is 28.0 Å². The van der Waals surface area contributed by atoms with E-state index in [1.54, 1.807) is 24.3 Å². The molecule has 186 valence electrons. The second-order valence-electron chi connectivity index (χ2n) is 8.96. The van der Waals surface area contributed by atoms with Gasteiger partial charge in [-0.1, -0.05) is 30.3 Å². The maximum atomic E-state index is 13.3. The standard InChI is InChI=1S/C27H24N6O4/c1-16-12-18(24(34)23(13-16)33-29-21-6-4-5-7-22(21)30-33)15-32-26(36)20(25(35)28-27(32)37)14-17-8-10-19(11-9-17)31(2)3/h4-14,34H,15H2,1-3H3,(H,28,35,37)/b20-14+. The topological polar surface area (TPSA) is 121 Å². The molecule has 0 spiro atoms. The average molecular weight is 497 g/mol. The van der Waals surface area contributed by atoms with Crippen molar-refractivity contribution in [3.63, 3.8) is 0 Å². The van der Waals surface area contributed by atoms with Gasteiger partial charge in [-0.25, -0.2) is 4.79 Å². The van der Waals surface area contributed by atoms with E-state index in [0.29, 0.717) is 27.8 Å². The Morgan fingerprint density at radius 1 is 0.973 bits per heavy atom. The number of rotatable bonds is 5. The summed E-state index contributed by atoms with van der Waals surface area (Å²) in [5.41, 5.74) is 4.11. The quantitative estimate of drug-likeness (QED) is 0.322. The number of fused-ring (bicyclic) bond motifs is 1. The molecule has 1 aromatic heterocycles. The molecule has 37 heavy (non-hydrogen) atoms. The number of amides is 4.